The first-order valence-electron chi connectivity index (χ1n) is 12.0. The van der Waals surface area contributed by atoms with Crippen molar-refractivity contribution in [1.29, 1.82) is 0 Å². The molecule has 1 aromatic rings. The van der Waals surface area contributed by atoms with Gasteiger partial charge in [-0.05, 0) is 50.6 Å². The summed E-state index contributed by atoms with van der Waals surface area (Å²) in [5.74, 6) is -4.64. The standard InChI is InChI=1S/C24H35N5O7/c25-11-5-4-9-17(27-21(32)16(26)13-15-7-2-1-3-8-15)22(33)28-18(14-20(30)31)23(34)29-12-6-10-19(29)24(35)36/h1-3,7-8,16-19H,4-6,9-14,25-26H2,(H,27,32)(H,28,33)(H,30,31)(H,35,36). The number of amides is 3. The Morgan fingerprint density at radius 1 is 1.00 bits per heavy atom. The number of carboxylic acids is 2. The third kappa shape index (κ3) is 8.61. The molecule has 12 heteroatoms. The Morgan fingerprint density at radius 3 is 2.28 bits per heavy atom. The molecule has 0 aromatic heterocycles. The van der Waals surface area contributed by atoms with Crippen LogP contribution in [0.25, 0.3) is 0 Å². The quantitative estimate of drug-likeness (QED) is 0.175. The summed E-state index contributed by atoms with van der Waals surface area (Å²) in [6.07, 6.45) is 1.48. The highest BCUT2D eigenvalue weighted by molar-refractivity contribution is 5.95. The summed E-state index contributed by atoms with van der Waals surface area (Å²) in [6, 6.07) is 4.53. The Kier molecular flexibility index (Phi) is 11.3. The van der Waals surface area contributed by atoms with Crippen molar-refractivity contribution in [2.24, 2.45) is 11.5 Å². The summed E-state index contributed by atoms with van der Waals surface area (Å²) < 4.78 is 0. The number of carboxylic acid groups (broad SMARTS) is 2. The van der Waals surface area contributed by atoms with Crippen LogP contribution >= 0.6 is 0 Å². The van der Waals surface area contributed by atoms with Crippen LogP contribution in [0, 0.1) is 0 Å². The summed E-state index contributed by atoms with van der Waals surface area (Å²) in [5, 5.41) is 23.7. The second-order valence-electron chi connectivity index (χ2n) is 8.83. The second-order valence-corrected chi connectivity index (χ2v) is 8.83. The van der Waals surface area contributed by atoms with Crippen LogP contribution in [0.3, 0.4) is 0 Å². The third-order valence-corrected chi connectivity index (χ3v) is 6.03. The van der Waals surface area contributed by atoms with Crippen LogP contribution in [-0.2, 0) is 30.4 Å². The molecule has 1 fully saturated rings. The first-order chi connectivity index (χ1) is 17.1. The molecular formula is C24H35N5O7. The highest BCUT2D eigenvalue weighted by Crippen LogP contribution is 2.19. The predicted octanol–water partition coefficient (Wildman–Crippen LogP) is -0.795. The van der Waals surface area contributed by atoms with Gasteiger partial charge in [0, 0.05) is 6.54 Å². The summed E-state index contributed by atoms with van der Waals surface area (Å²) in [5.41, 5.74) is 12.4. The van der Waals surface area contributed by atoms with Gasteiger partial charge in [-0.25, -0.2) is 4.79 Å². The van der Waals surface area contributed by atoms with Crippen LogP contribution in [0.2, 0.25) is 0 Å². The van der Waals surface area contributed by atoms with Gasteiger partial charge >= 0.3 is 11.9 Å². The van der Waals surface area contributed by atoms with Crippen molar-refractivity contribution < 1.29 is 34.2 Å². The number of hydrogen-bond acceptors (Lipinski definition) is 7. The molecule has 1 aliphatic heterocycles. The molecule has 0 aliphatic carbocycles. The van der Waals surface area contributed by atoms with E-state index in [9.17, 15) is 34.2 Å². The SMILES string of the molecule is NCCCCC(NC(=O)C(N)Cc1ccccc1)C(=O)NC(CC(=O)O)C(=O)N1CCCC1C(=O)O. The first-order valence-corrected chi connectivity index (χ1v) is 12.0. The Labute approximate surface area is 209 Å². The normalized spacial score (nSPS) is 17.6. The van der Waals surface area contributed by atoms with Crippen molar-refractivity contribution in [2.45, 2.75) is 69.1 Å². The van der Waals surface area contributed by atoms with Crippen LogP contribution in [0.4, 0.5) is 0 Å². The van der Waals surface area contributed by atoms with Crippen LogP contribution < -0.4 is 22.1 Å². The molecule has 2 rings (SSSR count). The van der Waals surface area contributed by atoms with E-state index in [-0.39, 0.29) is 25.8 Å². The molecule has 4 unspecified atom stereocenters. The zero-order valence-corrected chi connectivity index (χ0v) is 20.1. The number of hydrogen-bond donors (Lipinski definition) is 6. The molecule has 1 aromatic carbocycles. The Morgan fingerprint density at radius 2 is 1.67 bits per heavy atom. The molecule has 1 aliphatic rings. The average Bonchev–Trinajstić information content (AvgIpc) is 3.33. The molecule has 36 heavy (non-hydrogen) atoms. The Bertz CT molecular complexity index is 927. The number of aliphatic carboxylic acids is 2. The molecule has 4 atom stereocenters. The highest BCUT2D eigenvalue weighted by atomic mass is 16.4. The number of carbonyl (C=O) groups excluding carboxylic acids is 3. The van der Waals surface area contributed by atoms with E-state index in [0.717, 1.165) is 10.5 Å². The summed E-state index contributed by atoms with van der Waals surface area (Å²) in [7, 11) is 0. The lowest BCUT2D eigenvalue weighted by Crippen LogP contribution is -2.57. The minimum absolute atomic E-state index is 0.146. The van der Waals surface area contributed by atoms with Crippen molar-refractivity contribution in [3.05, 3.63) is 35.9 Å². The van der Waals surface area contributed by atoms with Gasteiger partial charge in [-0.1, -0.05) is 30.3 Å². The molecule has 0 bridgehead atoms. The molecule has 1 heterocycles. The summed E-state index contributed by atoms with van der Waals surface area (Å²) >= 11 is 0. The van der Waals surface area contributed by atoms with Gasteiger partial charge in [0.05, 0.1) is 12.5 Å². The lowest BCUT2D eigenvalue weighted by atomic mass is 10.0. The monoisotopic (exact) mass is 505 g/mol. The number of benzene rings is 1. The number of unbranched alkanes of at least 4 members (excludes halogenated alkanes) is 1. The van der Waals surface area contributed by atoms with E-state index >= 15 is 0 Å². The van der Waals surface area contributed by atoms with Crippen molar-refractivity contribution >= 4 is 29.7 Å². The van der Waals surface area contributed by atoms with Gasteiger partial charge in [0.15, 0.2) is 0 Å². The number of rotatable bonds is 14. The maximum atomic E-state index is 13.1. The van der Waals surface area contributed by atoms with Gasteiger partial charge in [0.2, 0.25) is 17.7 Å². The summed E-state index contributed by atoms with van der Waals surface area (Å²) in [4.78, 5) is 62.8. The molecule has 3 amide bonds. The average molecular weight is 506 g/mol. The van der Waals surface area contributed by atoms with Crippen LogP contribution in [0.15, 0.2) is 30.3 Å². The Balaban J connectivity index is 2.13. The molecule has 198 valence electrons. The van der Waals surface area contributed by atoms with E-state index < -0.39 is 60.2 Å². The fourth-order valence-corrected chi connectivity index (χ4v) is 4.14. The topological polar surface area (TPSA) is 205 Å². The zero-order valence-electron chi connectivity index (χ0n) is 20.1. The molecule has 8 N–H and O–H groups in total. The molecule has 0 spiro atoms. The van der Waals surface area contributed by atoms with Gasteiger partial charge < -0.3 is 37.2 Å². The fraction of sp³-hybridized carbons (Fsp3) is 0.542. The van der Waals surface area contributed by atoms with Crippen LogP contribution in [-0.4, -0.2) is 82.0 Å². The minimum atomic E-state index is -1.48. The summed E-state index contributed by atoms with van der Waals surface area (Å²) in [6.45, 7) is 0.522. The third-order valence-electron chi connectivity index (χ3n) is 6.03. The van der Waals surface area contributed by atoms with Gasteiger partial charge in [-0.2, -0.15) is 0 Å². The van der Waals surface area contributed by atoms with E-state index in [4.69, 9.17) is 11.5 Å². The molecule has 0 saturated carbocycles. The highest BCUT2D eigenvalue weighted by Gasteiger charge is 2.39. The number of nitrogens with one attached hydrogen (secondary N) is 2. The van der Waals surface area contributed by atoms with Gasteiger partial charge in [0.25, 0.3) is 0 Å². The molecule has 0 radical (unpaired) electrons. The lowest BCUT2D eigenvalue weighted by molar-refractivity contribution is -0.150. The Hall–Kier alpha value is -3.51. The van der Waals surface area contributed by atoms with E-state index in [0.29, 0.717) is 25.8 Å². The smallest absolute Gasteiger partial charge is 0.326 e. The largest absolute Gasteiger partial charge is 0.481 e. The van der Waals surface area contributed by atoms with Crippen LogP contribution in [0.1, 0.15) is 44.1 Å². The number of likely N-dealkylation sites (tertiary alicyclic amines) is 1. The van der Waals surface area contributed by atoms with E-state index in [2.05, 4.69) is 10.6 Å². The number of nitrogens with two attached hydrogens (primary N) is 2. The van der Waals surface area contributed by atoms with Crippen molar-refractivity contribution in [3.8, 4) is 0 Å². The minimum Gasteiger partial charge on any atom is -0.481 e. The van der Waals surface area contributed by atoms with E-state index in [1.165, 1.54) is 0 Å². The maximum Gasteiger partial charge on any atom is 0.326 e. The van der Waals surface area contributed by atoms with Gasteiger partial charge in [-0.3, -0.25) is 19.2 Å². The van der Waals surface area contributed by atoms with Gasteiger partial charge in [0.1, 0.15) is 18.1 Å². The van der Waals surface area contributed by atoms with Gasteiger partial charge in [-0.15, -0.1) is 0 Å². The number of nitrogens with zero attached hydrogens (tertiary/aromatic N) is 1. The predicted molar refractivity (Wildman–Crippen MR) is 130 cm³/mol. The van der Waals surface area contributed by atoms with E-state index in [1.807, 2.05) is 30.3 Å². The molecule has 12 nitrogen and oxygen atoms in total. The van der Waals surface area contributed by atoms with Crippen molar-refractivity contribution in [1.82, 2.24) is 15.5 Å². The molecule has 1 saturated heterocycles. The fourth-order valence-electron chi connectivity index (χ4n) is 4.14. The second kappa shape index (κ2) is 14.1. The van der Waals surface area contributed by atoms with Crippen molar-refractivity contribution in [2.75, 3.05) is 13.1 Å². The zero-order chi connectivity index (χ0) is 26.7. The molecular weight excluding hydrogens is 470 g/mol. The lowest BCUT2D eigenvalue weighted by Gasteiger charge is -2.28. The maximum absolute atomic E-state index is 13.1. The van der Waals surface area contributed by atoms with Crippen LogP contribution in [0.5, 0.6) is 0 Å². The van der Waals surface area contributed by atoms with Crippen molar-refractivity contribution in [3.63, 3.8) is 0 Å². The first kappa shape index (κ1) is 28.7. The van der Waals surface area contributed by atoms with E-state index in [1.54, 1.807) is 0 Å². The number of carbonyl (C=O) groups is 5.